The number of rotatable bonds is 5. The number of hydrogen-bond donors (Lipinski definition) is 0. The standard InChI is InChI=1S/C20H26N2O/c1-17-6-5-7-18(14-17)15-21-10-12-22(13-11-21)16-19-8-3-4-9-20(19)23-2/h3-9,14H,10-13,15-16H2,1-2H3. The van der Waals surface area contributed by atoms with Gasteiger partial charge in [0, 0.05) is 44.8 Å². The first-order chi connectivity index (χ1) is 11.2. The lowest BCUT2D eigenvalue weighted by Crippen LogP contribution is -2.45. The van der Waals surface area contributed by atoms with Crippen molar-refractivity contribution in [2.24, 2.45) is 0 Å². The van der Waals surface area contributed by atoms with Crippen LogP contribution in [0.1, 0.15) is 16.7 Å². The molecule has 1 aliphatic rings. The molecule has 0 aromatic heterocycles. The van der Waals surface area contributed by atoms with Crippen LogP contribution in [0.15, 0.2) is 48.5 Å². The number of benzene rings is 2. The first-order valence-electron chi connectivity index (χ1n) is 8.37. The van der Waals surface area contributed by atoms with Gasteiger partial charge in [-0.2, -0.15) is 0 Å². The van der Waals surface area contributed by atoms with Gasteiger partial charge in [-0.05, 0) is 18.6 Å². The number of hydrogen-bond acceptors (Lipinski definition) is 3. The summed E-state index contributed by atoms with van der Waals surface area (Å²) in [6, 6.07) is 17.2. The lowest BCUT2D eigenvalue weighted by atomic mass is 10.1. The van der Waals surface area contributed by atoms with Gasteiger partial charge in [-0.15, -0.1) is 0 Å². The van der Waals surface area contributed by atoms with Crippen LogP contribution in [0.3, 0.4) is 0 Å². The maximum Gasteiger partial charge on any atom is 0.123 e. The summed E-state index contributed by atoms with van der Waals surface area (Å²) in [5.41, 5.74) is 4.04. The van der Waals surface area contributed by atoms with Gasteiger partial charge in [-0.25, -0.2) is 0 Å². The van der Waals surface area contributed by atoms with Crippen LogP contribution in [-0.4, -0.2) is 43.1 Å². The fourth-order valence-electron chi connectivity index (χ4n) is 3.25. The lowest BCUT2D eigenvalue weighted by molar-refractivity contribution is 0.121. The molecular weight excluding hydrogens is 284 g/mol. The molecule has 0 amide bonds. The molecule has 0 spiro atoms. The van der Waals surface area contributed by atoms with E-state index in [4.69, 9.17) is 4.74 Å². The molecule has 2 aromatic rings. The normalized spacial score (nSPS) is 16.4. The lowest BCUT2D eigenvalue weighted by Gasteiger charge is -2.35. The molecule has 1 heterocycles. The van der Waals surface area contributed by atoms with Crippen molar-refractivity contribution in [3.8, 4) is 5.75 Å². The van der Waals surface area contributed by atoms with Crippen molar-refractivity contribution in [3.63, 3.8) is 0 Å². The Bertz CT molecular complexity index is 633. The minimum Gasteiger partial charge on any atom is -0.496 e. The van der Waals surface area contributed by atoms with Gasteiger partial charge in [-0.1, -0.05) is 48.0 Å². The average molecular weight is 310 g/mol. The fraction of sp³-hybridized carbons (Fsp3) is 0.400. The van der Waals surface area contributed by atoms with Crippen LogP contribution in [0.5, 0.6) is 5.75 Å². The molecule has 3 nitrogen and oxygen atoms in total. The molecule has 0 atom stereocenters. The van der Waals surface area contributed by atoms with E-state index >= 15 is 0 Å². The van der Waals surface area contributed by atoms with E-state index in [0.717, 1.165) is 45.0 Å². The zero-order chi connectivity index (χ0) is 16.1. The van der Waals surface area contributed by atoms with Crippen molar-refractivity contribution in [1.82, 2.24) is 9.80 Å². The second-order valence-corrected chi connectivity index (χ2v) is 6.35. The average Bonchev–Trinajstić information content (AvgIpc) is 2.57. The smallest absolute Gasteiger partial charge is 0.123 e. The topological polar surface area (TPSA) is 15.7 Å². The number of para-hydroxylation sites is 1. The number of ether oxygens (including phenoxy) is 1. The van der Waals surface area contributed by atoms with Crippen LogP contribution in [0.2, 0.25) is 0 Å². The second-order valence-electron chi connectivity index (χ2n) is 6.35. The summed E-state index contributed by atoms with van der Waals surface area (Å²) in [4.78, 5) is 5.07. The van der Waals surface area contributed by atoms with Crippen molar-refractivity contribution < 1.29 is 4.74 Å². The largest absolute Gasteiger partial charge is 0.496 e. The summed E-state index contributed by atoms with van der Waals surface area (Å²) in [7, 11) is 1.75. The molecule has 0 bridgehead atoms. The Morgan fingerprint density at radius 3 is 2.26 bits per heavy atom. The third-order valence-electron chi connectivity index (χ3n) is 4.54. The highest BCUT2D eigenvalue weighted by atomic mass is 16.5. The zero-order valence-electron chi connectivity index (χ0n) is 14.2. The van der Waals surface area contributed by atoms with Crippen molar-refractivity contribution in [2.75, 3.05) is 33.3 Å². The highest BCUT2D eigenvalue weighted by Crippen LogP contribution is 2.20. The van der Waals surface area contributed by atoms with Crippen LogP contribution < -0.4 is 4.74 Å². The van der Waals surface area contributed by atoms with E-state index in [-0.39, 0.29) is 0 Å². The molecule has 1 saturated heterocycles. The Morgan fingerprint density at radius 2 is 1.57 bits per heavy atom. The van der Waals surface area contributed by atoms with Crippen molar-refractivity contribution in [3.05, 3.63) is 65.2 Å². The van der Waals surface area contributed by atoms with Gasteiger partial charge in [0.25, 0.3) is 0 Å². The number of piperazine rings is 1. The summed E-state index contributed by atoms with van der Waals surface area (Å²) in [5, 5.41) is 0. The van der Waals surface area contributed by atoms with Crippen LogP contribution in [0, 0.1) is 6.92 Å². The first kappa shape index (κ1) is 16.0. The number of methoxy groups -OCH3 is 1. The second kappa shape index (κ2) is 7.62. The molecule has 0 aliphatic carbocycles. The van der Waals surface area contributed by atoms with Crippen LogP contribution >= 0.6 is 0 Å². The van der Waals surface area contributed by atoms with E-state index in [9.17, 15) is 0 Å². The van der Waals surface area contributed by atoms with E-state index in [1.165, 1.54) is 16.7 Å². The van der Waals surface area contributed by atoms with E-state index in [1.807, 2.05) is 12.1 Å². The van der Waals surface area contributed by atoms with E-state index < -0.39 is 0 Å². The summed E-state index contributed by atoms with van der Waals surface area (Å²) in [6.07, 6.45) is 0. The third-order valence-corrected chi connectivity index (χ3v) is 4.54. The monoisotopic (exact) mass is 310 g/mol. The van der Waals surface area contributed by atoms with E-state index in [0.29, 0.717) is 0 Å². The summed E-state index contributed by atoms with van der Waals surface area (Å²) in [5.74, 6) is 0.995. The minimum absolute atomic E-state index is 0.975. The predicted octanol–water partition coefficient (Wildman–Crippen LogP) is 3.32. The number of aryl methyl sites for hydroxylation is 1. The third kappa shape index (κ3) is 4.34. The van der Waals surface area contributed by atoms with Gasteiger partial charge in [-0.3, -0.25) is 9.80 Å². The maximum atomic E-state index is 5.46. The van der Waals surface area contributed by atoms with Crippen LogP contribution in [0.4, 0.5) is 0 Å². The van der Waals surface area contributed by atoms with Gasteiger partial charge in [0.15, 0.2) is 0 Å². The molecule has 23 heavy (non-hydrogen) atoms. The Labute approximate surface area is 139 Å². The highest BCUT2D eigenvalue weighted by Gasteiger charge is 2.18. The van der Waals surface area contributed by atoms with Gasteiger partial charge < -0.3 is 4.74 Å². The summed E-state index contributed by atoms with van der Waals surface area (Å²) < 4.78 is 5.46. The minimum atomic E-state index is 0.975. The zero-order valence-corrected chi connectivity index (χ0v) is 14.2. The molecular formula is C20H26N2O. The highest BCUT2D eigenvalue weighted by molar-refractivity contribution is 5.33. The molecule has 0 unspecified atom stereocenters. The SMILES string of the molecule is COc1ccccc1CN1CCN(Cc2cccc(C)c2)CC1. The molecule has 3 heteroatoms. The molecule has 1 fully saturated rings. The van der Waals surface area contributed by atoms with Gasteiger partial charge in [0.1, 0.15) is 5.75 Å². The van der Waals surface area contributed by atoms with Crippen molar-refractivity contribution in [1.29, 1.82) is 0 Å². The van der Waals surface area contributed by atoms with Crippen molar-refractivity contribution in [2.45, 2.75) is 20.0 Å². The fourth-order valence-corrected chi connectivity index (χ4v) is 3.25. The van der Waals surface area contributed by atoms with Crippen LogP contribution in [-0.2, 0) is 13.1 Å². The molecule has 0 radical (unpaired) electrons. The molecule has 3 rings (SSSR count). The Morgan fingerprint density at radius 1 is 0.870 bits per heavy atom. The summed E-state index contributed by atoms with van der Waals surface area (Å²) >= 11 is 0. The number of nitrogens with zero attached hydrogens (tertiary/aromatic N) is 2. The van der Waals surface area contributed by atoms with Gasteiger partial charge in [0.2, 0.25) is 0 Å². The predicted molar refractivity (Wildman–Crippen MR) is 94.7 cm³/mol. The molecule has 2 aromatic carbocycles. The van der Waals surface area contributed by atoms with Crippen molar-refractivity contribution >= 4 is 0 Å². The molecule has 0 N–H and O–H groups in total. The van der Waals surface area contributed by atoms with E-state index in [2.05, 4.69) is 53.1 Å². The quantitative estimate of drug-likeness (QED) is 0.842. The Balaban J connectivity index is 1.52. The molecule has 1 aliphatic heterocycles. The van der Waals surface area contributed by atoms with Gasteiger partial charge >= 0.3 is 0 Å². The maximum absolute atomic E-state index is 5.46. The Hall–Kier alpha value is -1.84. The van der Waals surface area contributed by atoms with E-state index in [1.54, 1.807) is 7.11 Å². The van der Waals surface area contributed by atoms with Crippen LogP contribution in [0.25, 0.3) is 0 Å². The van der Waals surface area contributed by atoms with Gasteiger partial charge in [0.05, 0.1) is 7.11 Å². The first-order valence-corrected chi connectivity index (χ1v) is 8.37. The Kier molecular flexibility index (Phi) is 5.31. The molecule has 122 valence electrons. The molecule has 0 saturated carbocycles. The summed E-state index contributed by atoms with van der Waals surface area (Å²) in [6.45, 7) is 8.68.